The van der Waals surface area contributed by atoms with Gasteiger partial charge in [-0.25, -0.2) is 9.07 Å². The summed E-state index contributed by atoms with van der Waals surface area (Å²) >= 11 is 0. The second-order valence-electron chi connectivity index (χ2n) is 6.43. The number of aryl methyl sites for hydroxylation is 1. The Morgan fingerprint density at radius 2 is 1.68 bits per heavy atom. The molecule has 1 aromatic heterocycles. The molecule has 0 atom stereocenters. The van der Waals surface area contributed by atoms with E-state index in [1.54, 1.807) is 47.2 Å². The quantitative estimate of drug-likeness (QED) is 0.527. The Morgan fingerprint density at radius 1 is 1.04 bits per heavy atom. The molecule has 0 unspecified atom stereocenters. The topological polar surface area (TPSA) is 64.0 Å². The number of aromatic nitrogens is 2. The largest absolute Gasteiger partial charge is 0.323 e. The van der Waals surface area contributed by atoms with Gasteiger partial charge in [-0.1, -0.05) is 0 Å². The van der Waals surface area contributed by atoms with Crippen molar-refractivity contribution in [2.24, 2.45) is 0 Å². The van der Waals surface area contributed by atoms with Gasteiger partial charge < -0.3 is 5.32 Å². The standard InChI is InChI=1S/C22H20FN3O2/c1-14-21(15(2)26(25-14)20-10-6-18(23)7-11-20)12-13-22(28)24-19-8-4-17(5-9-19)16(3)27/h4-13H,1-3H3,(H,24,28)/b13-12+. The van der Waals surface area contributed by atoms with Gasteiger partial charge in [-0.15, -0.1) is 0 Å². The summed E-state index contributed by atoms with van der Waals surface area (Å²) in [6.45, 7) is 5.24. The molecule has 3 aromatic rings. The lowest BCUT2D eigenvalue weighted by atomic mass is 10.1. The molecule has 28 heavy (non-hydrogen) atoms. The first kappa shape index (κ1) is 19.2. The molecule has 0 aliphatic heterocycles. The highest BCUT2D eigenvalue weighted by Gasteiger charge is 2.11. The number of halogens is 1. The van der Waals surface area contributed by atoms with Crippen LogP contribution < -0.4 is 5.32 Å². The van der Waals surface area contributed by atoms with Crippen LogP contribution in [-0.2, 0) is 4.79 Å². The van der Waals surface area contributed by atoms with Crippen molar-refractivity contribution in [3.63, 3.8) is 0 Å². The van der Waals surface area contributed by atoms with Crippen LogP contribution in [0.2, 0.25) is 0 Å². The van der Waals surface area contributed by atoms with E-state index < -0.39 is 0 Å². The van der Waals surface area contributed by atoms with Gasteiger partial charge in [0.25, 0.3) is 0 Å². The summed E-state index contributed by atoms with van der Waals surface area (Å²) in [5.41, 5.74) is 4.38. The Hall–Kier alpha value is -3.54. The number of anilines is 1. The van der Waals surface area contributed by atoms with E-state index in [0.29, 0.717) is 11.3 Å². The van der Waals surface area contributed by atoms with Crippen molar-refractivity contribution in [1.29, 1.82) is 0 Å². The van der Waals surface area contributed by atoms with Crippen LogP contribution in [0.25, 0.3) is 11.8 Å². The number of nitrogens with one attached hydrogen (secondary N) is 1. The van der Waals surface area contributed by atoms with Crippen molar-refractivity contribution in [2.75, 3.05) is 5.32 Å². The number of Topliss-reactive ketones (excluding diaryl/α,β-unsaturated/α-hetero) is 1. The lowest BCUT2D eigenvalue weighted by Crippen LogP contribution is -2.08. The van der Waals surface area contributed by atoms with Crippen molar-refractivity contribution < 1.29 is 14.0 Å². The summed E-state index contributed by atoms with van der Waals surface area (Å²) in [5.74, 6) is -0.621. The Balaban J connectivity index is 1.75. The molecule has 0 bridgehead atoms. The minimum Gasteiger partial charge on any atom is -0.323 e. The van der Waals surface area contributed by atoms with Gasteiger partial charge in [-0.2, -0.15) is 5.10 Å². The van der Waals surface area contributed by atoms with Gasteiger partial charge in [0.15, 0.2) is 5.78 Å². The predicted molar refractivity (Wildman–Crippen MR) is 107 cm³/mol. The molecule has 1 N–H and O–H groups in total. The number of hydrogen-bond donors (Lipinski definition) is 1. The van der Waals surface area contributed by atoms with Crippen LogP contribution in [0.1, 0.15) is 34.2 Å². The third-order valence-electron chi connectivity index (χ3n) is 4.38. The maximum Gasteiger partial charge on any atom is 0.248 e. The van der Waals surface area contributed by atoms with Crippen LogP contribution in [0.4, 0.5) is 10.1 Å². The SMILES string of the molecule is CC(=O)c1ccc(NC(=O)/C=C/c2c(C)nn(-c3ccc(F)cc3)c2C)cc1. The number of nitrogens with zero attached hydrogens (tertiary/aromatic N) is 2. The maximum atomic E-state index is 13.1. The second-order valence-corrected chi connectivity index (χ2v) is 6.43. The molecule has 2 aromatic carbocycles. The van der Waals surface area contributed by atoms with Gasteiger partial charge in [0.05, 0.1) is 11.4 Å². The molecule has 0 saturated carbocycles. The van der Waals surface area contributed by atoms with E-state index in [1.807, 2.05) is 13.8 Å². The first-order valence-corrected chi connectivity index (χ1v) is 8.77. The van der Waals surface area contributed by atoms with Crippen LogP contribution in [0.15, 0.2) is 54.6 Å². The summed E-state index contributed by atoms with van der Waals surface area (Å²) in [6, 6.07) is 12.8. The molecule has 0 radical (unpaired) electrons. The molecule has 5 nitrogen and oxygen atoms in total. The zero-order valence-electron chi connectivity index (χ0n) is 15.9. The number of amides is 1. The first-order valence-electron chi connectivity index (χ1n) is 8.77. The van der Waals surface area contributed by atoms with E-state index in [0.717, 1.165) is 22.6 Å². The van der Waals surface area contributed by atoms with Crippen molar-refractivity contribution in [3.05, 3.63) is 82.9 Å². The van der Waals surface area contributed by atoms with Gasteiger partial charge in [-0.3, -0.25) is 9.59 Å². The molecule has 6 heteroatoms. The van der Waals surface area contributed by atoms with Crippen LogP contribution in [0.5, 0.6) is 0 Å². The summed E-state index contributed by atoms with van der Waals surface area (Å²) in [7, 11) is 0. The predicted octanol–water partition coefficient (Wildman–Crippen LogP) is 4.48. The molecule has 0 saturated heterocycles. The van der Waals surface area contributed by atoms with Crippen molar-refractivity contribution in [1.82, 2.24) is 9.78 Å². The molecular weight excluding hydrogens is 357 g/mol. The second kappa shape index (κ2) is 8.00. The van der Waals surface area contributed by atoms with E-state index in [9.17, 15) is 14.0 Å². The van der Waals surface area contributed by atoms with Crippen LogP contribution in [-0.4, -0.2) is 21.5 Å². The summed E-state index contributed by atoms with van der Waals surface area (Å²) in [5, 5.41) is 7.23. The highest BCUT2D eigenvalue weighted by Crippen LogP contribution is 2.19. The molecule has 0 spiro atoms. The number of ketones is 1. The highest BCUT2D eigenvalue weighted by atomic mass is 19.1. The minimum atomic E-state index is -0.307. The van der Waals surface area contributed by atoms with Gasteiger partial charge in [-0.05, 0) is 75.4 Å². The third-order valence-corrected chi connectivity index (χ3v) is 4.38. The average molecular weight is 377 g/mol. The Bertz CT molecular complexity index is 1050. The van der Waals surface area contributed by atoms with Crippen LogP contribution >= 0.6 is 0 Å². The van der Waals surface area contributed by atoms with Crippen molar-refractivity contribution >= 4 is 23.5 Å². The summed E-state index contributed by atoms with van der Waals surface area (Å²) in [4.78, 5) is 23.5. The Kier molecular flexibility index (Phi) is 5.49. The molecular formula is C22H20FN3O2. The van der Waals surface area contributed by atoms with E-state index in [2.05, 4.69) is 10.4 Å². The Morgan fingerprint density at radius 3 is 2.29 bits per heavy atom. The van der Waals surface area contributed by atoms with Crippen LogP contribution in [0.3, 0.4) is 0 Å². The van der Waals surface area contributed by atoms with Gasteiger partial charge in [0.1, 0.15) is 5.82 Å². The number of rotatable bonds is 5. The number of carbonyl (C=O) groups is 2. The summed E-state index contributed by atoms with van der Waals surface area (Å²) < 4.78 is 14.9. The molecule has 1 amide bonds. The first-order chi connectivity index (χ1) is 13.3. The molecule has 0 aliphatic carbocycles. The number of benzene rings is 2. The molecule has 142 valence electrons. The molecule has 0 fully saturated rings. The Labute approximate surface area is 162 Å². The van der Waals surface area contributed by atoms with E-state index in [1.165, 1.54) is 25.1 Å². The van der Waals surface area contributed by atoms with E-state index in [-0.39, 0.29) is 17.5 Å². The average Bonchev–Trinajstić information content (AvgIpc) is 2.95. The fourth-order valence-corrected chi connectivity index (χ4v) is 2.86. The number of hydrogen-bond acceptors (Lipinski definition) is 3. The smallest absolute Gasteiger partial charge is 0.248 e. The lowest BCUT2D eigenvalue weighted by molar-refractivity contribution is -0.111. The fraction of sp³-hybridized carbons (Fsp3) is 0.136. The normalized spacial score (nSPS) is 11.0. The highest BCUT2D eigenvalue weighted by molar-refractivity contribution is 6.02. The summed E-state index contributed by atoms with van der Waals surface area (Å²) in [6.07, 6.45) is 3.14. The van der Waals surface area contributed by atoms with E-state index >= 15 is 0 Å². The molecule has 0 aliphatic rings. The van der Waals surface area contributed by atoms with Crippen LogP contribution in [0, 0.1) is 19.7 Å². The fourth-order valence-electron chi connectivity index (χ4n) is 2.86. The van der Waals surface area contributed by atoms with Crippen molar-refractivity contribution in [2.45, 2.75) is 20.8 Å². The van der Waals surface area contributed by atoms with Crippen molar-refractivity contribution in [3.8, 4) is 5.69 Å². The monoisotopic (exact) mass is 377 g/mol. The van der Waals surface area contributed by atoms with Gasteiger partial charge >= 0.3 is 0 Å². The molecule has 3 rings (SSSR count). The lowest BCUT2D eigenvalue weighted by Gasteiger charge is -2.04. The van der Waals surface area contributed by atoms with Gasteiger partial charge in [0, 0.05) is 28.6 Å². The zero-order valence-corrected chi connectivity index (χ0v) is 15.9. The zero-order chi connectivity index (χ0) is 20.3. The van der Waals surface area contributed by atoms with Gasteiger partial charge in [0.2, 0.25) is 5.91 Å². The maximum absolute atomic E-state index is 13.1. The third kappa shape index (κ3) is 4.23. The minimum absolute atomic E-state index is 0.0260. The van der Waals surface area contributed by atoms with E-state index in [4.69, 9.17) is 0 Å². The molecule has 1 heterocycles. The number of carbonyl (C=O) groups excluding carboxylic acids is 2.